The molecule has 0 fully saturated rings. The molecule has 3 rings (SSSR count). The summed E-state index contributed by atoms with van der Waals surface area (Å²) in [6.07, 6.45) is 3.87. The molecule has 0 saturated heterocycles. The van der Waals surface area contributed by atoms with Gasteiger partial charge >= 0.3 is 5.97 Å². The summed E-state index contributed by atoms with van der Waals surface area (Å²) < 4.78 is 10.2. The molecule has 0 aromatic carbocycles. The maximum Gasteiger partial charge on any atom is 0.305 e. The second-order valence-electron chi connectivity index (χ2n) is 4.19. The van der Waals surface area contributed by atoms with Gasteiger partial charge in [-0.1, -0.05) is 0 Å². The van der Waals surface area contributed by atoms with Crippen LogP contribution in [0.15, 0.2) is 29.1 Å². The summed E-state index contributed by atoms with van der Waals surface area (Å²) in [6, 6.07) is 3.62. The quantitative estimate of drug-likeness (QED) is 0.727. The van der Waals surface area contributed by atoms with E-state index in [1.807, 2.05) is 6.07 Å². The molecule has 0 spiro atoms. The second-order valence-corrected chi connectivity index (χ2v) is 4.19. The van der Waals surface area contributed by atoms with Crippen LogP contribution in [0, 0.1) is 0 Å². The molecule has 1 N–H and O–H groups in total. The molecule has 102 valence electrons. The lowest BCUT2D eigenvalue weighted by Gasteiger charge is -1.96. The molecule has 0 saturated carbocycles. The number of ether oxygens (including phenoxy) is 1. The van der Waals surface area contributed by atoms with Gasteiger partial charge in [-0.05, 0) is 12.1 Å². The number of nitrogens with one attached hydrogen (secondary N) is 1. The van der Waals surface area contributed by atoms with Gasteiger partial charge in [0.05, 0.1) is 19.7 Å². The number of carbonyl (C=O) groups excluding carboxylic acids is 1. The lowest BCUT2D eigenvalue weighted by molar-refractivity contribution is -0.140. The molecule has 3 aromatic rings. The van der Waals surface area contributed by atoms with Crippen molar-refractivity contribution in [2.45, 2.75) is 12.8 Å². The monoisotopic (exact) mass is 272 g/mol. The second kappa shape index (κ2) is 5.12. The van der Waals surface area contributed by atoms with Crippen LogP contribution in [-0.2, 0) is 16.0 Å². The van der Waals surface area contributed by atoms with Crippen LogP contribution >= 0.6 is 0 Å². The summed E-state index contributed by atoms with van der Waals surface area (Å²) >= 11 is 0. The first kappa shape index (κ1) is 12.3. The minimum absolute atomic E-state index is 0.262. The Kier molecular flexibility index (Phi) is 3.16. The average Bonchev–Trinajstić information content (AvgIpc) is 3.10. The number of hydrogen-bond donors (Lipinski definition) is 1. The fourth-order valence-corrected chi connectivity index (χ4v) is 1.85. The van der Waals surface area contributed by atoms with E-state index in [1.165, 1.54) is 13.4 Å². The first-order valence-electron chi connectivity index (χ1n) is 6.08. The van der Waals surface area contributed by atoms with Crippen LogP contribution < -0.4 is 0 Å². The Balaban J connectivity index is 1.80. The number of rotatable bonds is 4. The van der Waals surface area contributed by atoms with E-state index in [2.05, 4.69) is 24.7 Å². The maximum absolute atomic E-state index is 11.1. The summed E-state index contributed by atoms with van der Waals surface area (Å²) in [5.74, 6) is 1.63. The molecule has 0 atom stereocenters. The van der Waals surface area contributed by atoms with Crippen molar-refractivity contribution in [1.29, 1.82) is 0 Å². The lowest BCUT2D eigenvalue weighted by Crippen LogP contribution is -2.01. The Morgan fingerprint density at radius 2 is 2.35 bits per heavy atom. The molecule has 0 amide bonds. The van der Waals surface area contributed by atoms with Gasteiger partial charge in [-0.25, -0.2) is 15.0 Å². The Morgan fingerprint density at radius 3 is 3.15 bits per heavy atom. The van der Waals surface area contributed by atoms with E-state index in [1.54, 1.807) is 12.3 Å². The molecule has 0 bridgehead atoms. The number of fused-ring (bicyclic) bond motifs is 1. The van der Waals surface area contributed by atoms with Gasteiger partial charge in [0, 0.05) is 6.42 Å². The van der Waals surface area contributed by atoms with Crippen LogP contribution in [0.25, 0.3) is 22.7 Å². The minimum atomic E-state index is -0.262. The van der Waals surface area contributed by atoms with E-state index in [9.17, 15) is 4.79 Å². The van der Waals surface area contributed by atoms with Gasteiger partial charge in [-0.15, -0.1) is 0 Å². The number of carbonyl (C=O) groups is 1. The van der Waals surface area contributed by atoms with Crippen LogP contribution in [-0.4, -0.2) is 33.0 Å². The van der Waals surface area contributed by atoms with Gasteiger partial charge in [-0.2, -0.15) is 0 Å². The number of aromatic amines is 1. The van der Waals surface area contributed by atoms with E-state index in [0.717, 1.165) is 5.52 Å². The normalized spacial score (nSPS) is 10.8. The molecule has 0 aliphatic rings. The molecule has 0 unspecified atom stereocenters. The first-order chi connectivity index (χ1) is 9.76. The van der Waals surface area contributed by atoms with Gasteiger partial charge in [0.1, 0.15) is 17.6 Å². The van der Waals surface area contributed by atoms with E-state index in [4.69, 9.17) is 4.42 Å². The Labute approximate surface area is 114 Å². The maximum atomic E-state index is 11.1. The van der Waals surface area contributed by atoms with E-state index >= 15 is 0 Å². The molecule has 0 aliphatic heterocycles. The third kappa shape index (κ3) is 2.37. The molecule has 3 aromatic heterocycles. The van der Waals surface area contributed by atoms with Gasteiger partial charge in [0.25, 0.3) is 0 Å². The number of esters is 1. The third-order valence-corrected chi connectivity index (χ3v) is 2.86. The number of imidazole rings is 1. The summed E-state index contributed by atoms with van der Waals surface area (Å²) in [5, 5.41) is 0. The molecule has 0 radical (unpaired) electrons. The zero-order chi connectivity index (χ0) is 13.9. The number of hydrogen-bond acceptors (Lipinski definition) is 6. The van der Waals surface area contributed by atoms with Gasteiger partial charge in [-0.3, -0.25) is 4.79 Å². The van der Waals surface area contributed by atoms with Crippen molar-refractivity contribution in [2.24, 2.45) is 0 Å². The fourth-order valence-electron chi connectivity index (χ4n) is 1.85. The van der Waals surface area contributed by atoms with Crippen molar-refractivity contribution in [3.63, 3.8) is 0 Å². The first-order valence-corrected chi connectivity index (χ1v) is 6.08. The topological polar surface area (TPSA) is 93.9 Å². The van der Waals surface area contributed by atoms with Crippen LogP contribution in [0.4, 0.5) is 0 Å². The Hall–Kier alpha value is -2.70. The van der Waals surface area contributed by atoms with Crippen LogP contribution in [0.5, 0.6) is 0 Å². The highest BCUT2D eigenvalue weighted by atomic mass is 16.5. The third-order valence-electron chi connectivity index (χ3n) is 2.86. The summed E-state index contributed by atoms with van der Waals surface area (Å²) in [4.78, 5) is 26.4. The number of furan rings is 1. The summed E-state index contributed by atoms with van der Waals surface area (Å²) in [6.45, 7) is 0. The zero-order valence-corrected chi connectivity index (χ0v) is 10.8. The highest BCUT2D eigenvalue weighted by Crippen LogP contribution is 2.22. The number of aryl methyl sites for hydroxylation is 1. The highest BCUT2D eigenvalue weighted by molar-refractivity contribution is 5.73. The predicted octanol–water partition coefficient (Wildman–Crippen LogP) is 1.72. The van der Waals surface area contributed by atoms with Gasteiger partial charge in [0.15, 0.2) is 17.2 Å². The minimum Gasteiger partial charge on any atom is -0.469 e. The molecule has 7 heteroatoms. The smallest absolute Gasteiger partial charge is 0.305 e. The summed E-state index contributed by atoms with van der Waals surface area (Å²) in [7, 11) is 1.37. The molecule has 3 heterocycles. The van der Waals surface area contributed by atoms with Crippen molar-refractivity contribution in [3.8, 4) is 11.6 Å². The number of aromatic nitrogens is 4. The van der Waals surface area contributed by atoms with E-state index in [-0.39, 0.29) is 12.4 Å². The molecule has 0 aliphatic carbocycles. The standard InChI is InChI=1S/C13H12N4O3/c1-19-11(18)5-3-8-2-4-10(20-8)13-16-9-6-14-7-15-12(9)17-13/h2,4,6-7H,3,5H2,1H3,(H,14,15,16,17). The highest BCUT2D eigenvalue weighted by Gasteiger charge is 2.11. The summed E-state index contributed by atoms with van der Waals surface area (Å²) in [5.41, 5.74) is 1.33. The predicted molar refractivity (Wildman–Crippen MR) is 69.7 cm³/mol. The van der Waals surface area contributed by atoms with E-state index in [0.29, 0.717) is 29.4 Å². The Morgan fingerprint density at radius 1 is 1.45 bits per heavy atom. The van der Waals surface area contributed by atoms with Crippen molar-refractivity contribution in [1.82, 2.24) is 19.9 Å². The SMILES string of the molecule is COC(=O)CCc1ccc(-c2nc3ncncc3[nH]2)o1. The molecular weight excluding hydrogens is 260 g/mol. The molecule has 20 heavy (non-hydrogen) atoms. The fraction of sp³-hybridized carbons (Fsp3) is 0.231. The number of nitrogens with zero attached hydrogens (tertiary/aromatic N) is 3. The molecule has 7 nitrogen and oxygen atoms in total. The lowest BCUT2D eigenvalue weighted by atomic mass is 10.2. The van der Waals surface area contributed by atoms with E-state index < -0.39 is 0 Å². The number of H-pyrrole nitrogens is 1. The zero-order valence-electron chi connectivity index (χ0n) is 10.8. The van der Waals surface area contributed by atoms with Gasteiger partial charge in [0.2, 0.25) is 0 Å². The van der Waals surface area contributed by atoms with Crippen LogP contribution in [0.1, 0.15) is 12.2 Å². The van der Waals surface area contributed by atoms with Crippen molar-refractivity contribution in [2.75, 3.05) is 7.11 Å². The average molecular weight is 272 g/mol. The Bertz CT molecular complexity index is 714. The van der Waals surface area contributed by atoms with Crippen molar-refractivity contribution < 1.29 is 13.9 Å². The van der Waals surface area contributed by atoms with Crippen LogP contribution in [0.3, 0.4) is 0 Å². The largest absolute Gasteiger partial charge is 0.469 e. The van der Waals surface area contributed by atoms with Gasteiger partial charge < -0.3 is 14.1 Å². The molecular formula is C13H12N4O3. The number of methoxy groups -OCH3 is 1. The van der Waals surface area contributed by atoms with Crippen molar-refractivity contribution in [3.05, 3.63) is 30.4 Å². The van der Waals surface area contributed by atoms with Crippen LogP contribution in [0.2, 0.25) is 0 Å². The van der Waals surface area contributed by atoms with Crippen molar-refractivity contribution >= 4 is 17.1 Å².